The Labute approximate surface area is 248 Å². The zero-order chi connectivity index (χ0) is 33.1. The van der Waals surface area contributed by atoms with E-state index in [1.807, 2.05) is 0 Å². The number of carbonyl (C=O) groups is 3. The molecule has 0 amide bonds. The molecule has 1 fully saturated rings. The van der Waals surface area contributed by atoms with Crippen LogP contribution >= 0.6 is 0 Å². The molecule has 18 heteroatoms. The van der Waals surface area contributed by atoms with Crippen LogP contribution < -0.4 is 0 Å². The van der Waals surface area contributed by atoms with E-state index in [0.29, 0.717) is 24.3 Å². The summed E-state index contributed by atoms with van der Waals surface area (Å²) in [5.41, 5.74) is -4.17. The number of esters is 3. The fraction of sp³-hybridized carbons (Fsp3) is 0.222. The molecule has 238 valence electrons. The van der Waals surface area contributed by atoms with E-state index in [1.165, 1.54) is 0 Å². The van der Waals surface area contributed by atoms with Gasteiger partial charge in [0.2, 0.25) is 23.9 Å². The summed E-state index contributed by atoms with van der Waals surface area (Å²) in [6.07, 6.45) is -10.1. The molecule has 11 N–H and O–H groups in total. The summed E-state index contributed by atoms with van der Waals surface area (Å²) in [5, 5.41) is 112. The van der Waals surface area contributed by atoms with Crippen LogP contribution in [0, 0.1) is 0 Å². The average molecular weight is 634 g/mol. The van der Waals surface area contributed by atoms with Gasteiger partial charge in [-0.2, -0.15) is 0 Å². The molecule has 3 aromatic rings. The van der Waals surface area contributed by atoms with Gasteiger partial charge in [0.1, 0.15) is 12.2 Å². The van der Waals surface area contributed by atoms with Crippen molar-refractivity contribution in [3.63, 3.8) is 0 Å². The summed E-state index contributed by atoms with van der Waals surface area (Å²) < 4.78 is 21.3. The minimum atomic E-state index is -2.15. The summed E-state index contributed by atoms with van der Waals surface area (Å²) in [6.45, 7) is -0.999. The van der Waals surface area contributed by atoms with Gasteiger partial charge in [0, 0.05) is 11.1 Å². The number of aromatic hydroxyl groups is 9. The summed E-state index contributed by atoms with van der Waals surface area (Å²) in [7, 11) is 0. The van der Waals surface area contributed by atoms with E-state index in [1.54, 1.807) is 0 Å². The fourth-order valence-corrected chi connectivity index (χ4v) is 4.78. The Morgan fingerprint density at radius 2 is 1.11 bits per heavy atom. The molecule has 5 atom stereocenters. The second-order valence-electron chi connectivity index (χ2n) is 9.76. The molecule has 1 saturated heterocycles. The topological polar surface area (TPSA) is 311 Å². The third-order valence-corrected chi connectivity index (χ3v) is 7.01. The first-order valence-electron chi connectivity index (χ1n) is 12.5. The van der Waals surface area contributed by atoms with Crippen LogP contribution in [-0.4, -0.2) is 111 Å². The number of aliphatic hydroxyl groups is 2. The Morgan fingerprint density at radius 1 is 0.667 bits per heavy atom. The molecule has 2 aliphatic rings. The lowest BCUT2D eigenvalue weighted by atomic mass is 9.91. The lowest BCUT2D eigenvalue weighted by Gasteiger charge is -2.42. The standard InChI is InChI=1S/C27H22O18/c28-5-13-19(36)22-23(27(42-13)45-24(39)6-1-9(29)16(33)10(30)2-6)44-26(41)8-4-12(32)18(35)21(38)15(8)14-7(25(40)43-22)3-11(31)17(34)20(14)37/h1-4,13,19,22-23,27-38H,5H2/t13?,19-,22?,23+,27-/m1/s1. The highest BCUT2D eigenvalue weighted by atomic mass is 16.7. The zero-order valence-electron chi connectivity index (χ0n) is 22.2. The first-order valence-corrected chi connectivity index (χ1v) is 12.5. The van der Waals surface area contributed by atoms with Gasteiger partial charge in [-0.3, -0.25) is 0 Å². The molecule has 0 bridgehead atoms. The van der Waals surface area contributed by atoms with Gasteiger partial charge in [0.25, 0.3) is 0 Å². The number of carbonyl (C=O) groups excluding carboxylic acids is 3. The van der Waals surface area contributed by atoms with Crippen molar-refractivity contribution < 1.29 is 89.5 Å². The van der Waals surface area contributed by atoms with Gasteiger partial charge in [-0.1, -0.05) is 0 Å². The molecular weight excluding hydrogens is 612 g/mol. The van der Waals surface area contributed by atoms with Crippen molar-refractivity contribution in [2.75, 3.05) is 6.61 Å². The normalized spacial score (nSPS) is 22.7. The molecule has 0 aromatic heterocycles. The number of rotatable bonds is 3. The number of fused-ring (bicyclic) bond motifs is 4. The van der Waals surface area contributed by atoms with Gasteiger partial charge in [0.05, 0.1) is 23.3 Å². The van der Waals surface area contributed by atoms with E-state index in [-0.39, 0.29) is 0 Å². The van der Waals surface area contributed by atoms with Crippen molar-refractivity contribution in [3.8, 4) is 62.9 Å². The van der Waals surface area contributed by atoms with E-state index in [4.69, 9.17) is 18.9 Å². The first-order chi connectivity index (χ1) is 21.2. The van der Waals surface area contributed by atoms with E-state index in [0.717, 1.165) is 0 Å². The highest BCUT2D eigenvalue weighted by Crippen LogP contribution is 2.53. The maximum Gasteiger partial charge on any atom is 0.340 e. The molecule has 18 nitrogen and oxygen atoms in total. The van der Waals surface area contributed by atoms with Gasteiger partial charge in [-0.05, 0) is 24.3 Å². The number of benzene rings is 3. The van der Waals surface area contributed by atoms with Crippen LogP contribution in [0.25, 0.3) is 11.1 Å². The van der Waals surface area contributed by atoms with Gasteiger partial charge in [0.15, 0.2) is 46.4 Å². The van der Waals surface area contributed by atoms with Crippen LogP contribution in [0.3, 0.4) is 0 Å². The monoisotopic (exact) mass is 634 g/mol. The molecule has 2 aliphatic heterocycles. The summed E-state index contributed by atoms with van der Waals surface area (Å²) >= 11 is 0. The fourth-order valence-electron chi connectivity index (χ4n) is 4.78. The number of phenols is 9. The third kappa shape index (κ3) is 4.97. The van der Waals surface area contributed by atoms with Gasteiger partial charge < -0.3 is 75.1 Å². The third-order valence-electron chi connectivity index (χ3n) is 7.01. The maximum atomic E-state index is 13.6. The molecule has 5 rings (SSSR count). The summed E-state index contributed by atoms with van der Waals surface area (Å²) in [6, 6.07) is 2.42. The number of phenolic OH excluding ortho intramolecular Hbond substituents is 9. The van der Waals surface area contributed by atoms with Gasteiger partial charge in [-0.15, -0.1) is 0 Å². The van der Waals surface area contributed by atoms with Crippen molar-refractivity contribution in [1.82, 2.24) is 0 Å². The minimum Gasteiger partial charge on any atom is -0.504 e. The molecule has 0 aliphatic carbocycles. The van der Waals surface area contributed by atoms with Gasteiger partial charge >= 0.3 is 17.9 Å². The van der Waals surface area contributed by atoms with Crippen LogP contribution in [0.15, 0.2) is 24.3 Å². The van der Waals surface area contributed by atoms with Crippen molar-refractivity contribution in [1.29, 1.82) is 0 Å². The zero-order valence-corrected chi connectivity index (χ0v) is 22.2. The predicted molar refractivity (Wildman–Crippen MR) is 139 cm³/mol. The molecule has 45 heavy (non-hydrogen) atoms. The highest BCUT2D eigenvalue weighted by molar-refractivity contribution is 6.08. The van der Waals surface area contributed by atoms with Crippen LogP contribution in [-0.2, 0) is 18.9 Å². The van der Waals surface area contributed by atoms with Crippen molar-refractivity contribution in [2.24, 2.45) is 0 Å². The quantitative estimate of drug-likeness (QED) is 0.100. The largest absolute Gasteiger partial charge is 0.504 e. The predicted octanol–water partition coefficient (Wildman–Crippen LogP) is -0.297. The van der Waals surface area contributed by atoms with Crippen molar-refractivity contribution in [2.45, 2.75) is 30.7 Å². The molecule has 2 unspecified atom stereocenters. The van der Waals surface area contributed by atoms with E-state index < -0.39 is 135 Å². The molecule has 0 saturated carbocycles. The number of hydrogen-bond donors (Lipinski definition) is 11. The lowest BCUT2D eigenvalue weighted by molar-refractivity contribution is -0.283. The maximum absolute atomic E-state index is 13.6. The minimum absolute atomic E-state index is 0.529. The SMILES string of the molecule is O=C(O[C@H]1OC(CO)[C@@H](O)C2OC(=O)c3cc(O)c(O)c(O)c3-c3c(cc(O)c(O)c3O)C(=O)O[C@@H]21)c1cc(O)c(O)c(O)c1. The lowest BCUT2D eigenvalue weighted by Crippen LogP contribution is -2.62. The van der Waals surface area contributed by atoms with Crippen LogP contribution in [0.2, 0.25) is 0 Å². The number of aliphatic hydroxyl groups excluding tert-OH is 2. The smallest absolute Gasteiger partial charge is 0.340 e. The summed E-state index contributed by atoms with van der Waals surface area (Å²) in [4.78, 5) is 40.0. The van der Waals surface area contributed by atoms with E-state index in [2.05, 4.69) is 0 Å². The Bertz CT molecular complexity index is 1730. The van der Waals surface area contributed by atoms with E-state index in [9.17, 15) is 70.6 Å². The second kappa shape index (κ2) is 11.0. The van der Waals surface area contributed by atoms with Crippen LogP contribution in [0.1, 0.15) is 31.1 Å². The highest BCUT2D eigenvalue weighted by Gasteiger charge is 2.52. The molecule has 0 spiro atoms. The first kappa shape index (κ1) is 30.6. The molecule has 3 aromatic carbocycles. The van der Waals surface area contributed by atoms with Crippen molar-refractivity contribution >= 4 is 17.9 Å². The molecular formula is C27H22O18. The Hall–Kier alpha value is -5.85. The number of hydrogen-bond acceptors (Lipinski definition) is 18. The van der Waals surface area contributed by atoms with E-state index >= 15 is 0 Å². The second-order valence-corrected chi connectivity index (χ2v) is 9.76. The summed E-state index contributed by atoms with van der Waals surface area (Å²) in [5.74, 6) is -14.7. The van der Waals surface area contributed by atoms with Crippen molar-refractivity contribution in [3.05, 3.63) is 41.0 Å². The van der Waals surface area contributed by atoms with Crippen LogP contribution in [0.4, 0.5) is 0 Å². The molecule has 0 radical (unpaired) electrons. The average Bonchev–Trinajstić information content (AvgIpc) is 2.99. The Morgan fingerprint density at radius 3 is 1.58 bits per heavy atom. The van der Waals surface area contributed by atoms with Crippen LogP contribution in [0.5, 0.6) is 51.7 Å². The Balaban J connectivity index is 1.68. The Kier molecular flexibility index (Phi) is 7.49. The molecule has 2 heterocycles. The van der Waals surface area contributed by atoms with Gasteiger partial charge in [-0.25, -0.2) is 14.4 Å². The number of ether oxygens (including phenoxy) is 4.